The van der Waals surface area contributed by atoms with Crippen LogP contribution in [0.1, 0.15) is 21.6 Å². The number of hydrogen-bond donors (Lipinski definition) is 3. The average Bonchev–Trinajstić information content (AvgIpc) is 3.40. The Balaban J connectivity index is 1.33. The first-order valence-electron chi connectivity index (χ1n) is 10.5. The molecule has 158 valence electrons. The van der Waals surface area contributed by atoms with Crippen LogP contribution in [0, 0.1) is 0 Å². The Hall–Kier alpha value is -4.32. The minimum atomic E-state index is -0.357. The van der Waals surface area contributed by atoms with E-state index >= 15 is 0 Å². The molecule has 0 fully saturated rings. The molecular weight excluding hydrogens is 400 g/mol. The number of benzene rings is 3. The van der Waals surface area contributed by atoms with Crippen molar-refractivity contribution in [2.75, 3.05) is 0 Å². The van der Waals surface area contributed by atoms with E-state index in [0.717, 1.165) is 32.9 Å². The lowest BCUT2D eigenvalue weighted by molar-refractivity contribution is -0.121. The molecule has 3 N–H and O–H groups in total. The molecule has 6 heteroatoms. The molecule has 0 spiro atoms. The van der Waals surface area contributed by atoms with E-state index in [0.29, 0.717) is 12.2 Å². The molecular formula is C26H22N4O2. The van der Waals surface area contributed by atoms with E-state index in [4.69, 9.17) is 0 Å². The number of hydrazine groups is 1. The van der Waals surface area contributed by atoms with Gasteiger partial charge < -0.3 is 9.55 Å². The molecule has 0 aliphatic carbocycles. The van der Waals surface area contributed by atoms with Gasteiger partial charge in [-0.1, -0.05) is 66.7 Å². The molecule has 32 heavy (non-hydrogen) atoms. The van der Waals surface area contributed by atoms with E-state index in [-0.39, 0.29) is 18.2 Å². The van der Waals surface area contributed by atoms with Crippen LogP contribution >= 0.6 is 0 Å². The van der Waals surface area contributed by atoms with E-state index < -0.39 is 0 Å². The van der Waals surface area contributed by atoms with Crippen LogP contribution in [0.2, 0.25) is 0 Å². The number of aromatic nitrogens is 2. The van der Waals surface area contributed by atoms with Gasteiger partial charge in [0.25, 0.3) is 5.91 Å². The van der Waals surface area contributed by atoms with Crippen molar-refractivity contribution in [2.45, 2.75) is 13.0 Å². The van der Waals surface area contributed by atoms with Crippen LogP contribution in [0.4, 0.5) is 0 Å². The number of amides is 2. The van der Waals surface area contributed by atoms with Crippen LogP contribution in [-0.4, -0.2) is 21.4 Å². The first-order chi connectivity index (χ1) is 15.7. The number of rotatable bonds is 5. The van der Waals surface area contributed by atoms with Crippen molar-refractivity contribution in [3.8, 4) is 0 Å². The summed E-state index contributed by atoms with van der Waals surface area (Å²) in [6.07, 6.45) is 1.99. The third-order valence-corrected chi connectivity index (χ3v) is 5.57. The zero-order valence-corrected chi connectivity index (χ0v) is 17.3. The van der Waals surface area contributed by atoms with Gasteiger partial charge in [-0.3, -0.25) is 20.4 Å². The Kier molecular flexibility index (Phi) is 5.17. The Morgan fingerprint density at radius 2 is 1.59 bits per heavy atom. The number of H-pyrrole nitrogens is 1. The molecule has 0 aliphatic rings. The van der Waals surface area contributed by atoms with Crippen molar-refractivity contribution in [1.82, 2.24) is 20.4 Å². The highest BCUT2D eigenvalue weighted by atomic mass is 16.2. The fourth-order valence-electron chi connectivity index (χ4n) is 4.02. The summed E-state index contributed by atoms with van der Waals surface area (Å²) in [7, 11) is 0. The van der Waals surface area contributed by atoms with Crippen LogP contribution in [-0.2, 0) is 17.8 Å². The van der Waals surface area contributed by atoms with E-state index in [9.17, 15) is 9.59 Å². The van der Waals surface area contributed by atoms with Gasteiger partial charge in [0.2, 0.25) is 5.91 Å². The van der Waals surface area contributed by atoms with Gasteiger partial charge in [0.1, 0.15) is 5.69 Å². The maximum absolute atomic E-state index is 13.0. The number of carbonyl (C=O) groups excluding carboxylic acids is 2. The largest absolute Gasteiger partial charge is 0.361 e. The van der Waals surface area contributed by atoms with Crippen molar-refractivity contribution in [1.29, 1.82) is 0 Å². The Bertz CT molecular complexity index is 1420. The Morgan fingerprint density at radius 3 is 2.47 bits per heavy atom. The van der Waals surface area contributed by atoms with Gasteiger partial charge >= 0.3 is 0 Å². The van der Waals surface area contributed by atoms with Crippen LogP contribution in [0.15, 0.2) is 91.1 Å². The predicted molar refractivity (Wildman–Crippen MR) is 125 cm³/mol. The number of para-hydroxylation sites is 2. The lowest BCUT2D eigenvalue weighted by Gasteiger charge is -2.12. The molecule has 3 aromatic carbocycles. The van der Waals surface area contributed by atoms with Crippen LogP contribution in [0.5, 0.6) is 0 Å². The number of hydrogen-bond acceptors (Lipinski definition) is 2. The SMILES string of the molecule is O=C(Cc1c[nH]c2ccccc12)NNC(=O)c1cc2ccccc2n1Cc1ccccc1. The summed E-state index contributed by atoms with van der Waals surface area (Å²) in [5, 5.41) is 1.97. The molecule has 5 aromatic rings. The minimum absolute atomic E-state index is 0.164. The van der Waals surface area contributed by atoms with Crippen molar-refractivity contribution in [3.63, 3.8) is 0 Å². The van der Waals surface area contributed by atoms with E-state index in [2.05, 4.69) is 15.8 Å². The third kappa shape index (κ3) is 3.86. The number of nitrogens with one attached hydrogen (secondary N) is 3. The summed E-state index contributed by atoms with van der Waals surface area (Å²) in [5.74, 6) is -0.641. The fraction of sp³-hybridized carbons (Fsp3) is 0.0769. The second kappa shape index (κ2) is 8.43. The number of carbonyl (C=O) groups is 2. The summed E-state index contributed by atoms with van der Waals surface area (Å²) in [6.45, 7) is 0.556. The molecule has 0 aliphatic heterocycles. The Morgan fingerprint density at radius 1 is 0.844 bits per heavy atom. The highest BCUT2D eigenvalue weighted by molar-refractivity contribution is 5.99. The maximum atomic E-state index is 13.0. The van der Waals surface area contributed by atoms with Crippen molar-refractivity contribution < 1.29 is 9.59 Å². The number of nitrogens with zero attached hydrogens (tertiary/aromatic N) is 1. The van der Waals surface area contributed by atoms with Crippen molar-refractivity contribution in [3.05, 3.63) is 108 Å². The third-order valence-electron chi connectivity index (χ3n) is 5.57. The first-order valence-corrected chi connectivity index (χ1v) is 10.5. The van der Waals surface area contributed by atoms with Crippen molar-refractivity contribution in [2.24, 2.45) is 0 Å². The molecule has 0 atom stereocenters. The fourth-order valence-corrected chi connectivity index (χ4v) is 4.02. The van der Waals surface area contributed by atoms with Gasteiger partial charge in [0.15, 0.2) is 0 Å². The van der Waals surface area contributed by atoms with E-state index in [1.807, 2.05) is 95.7 Å². The molecule has 2 heterocycles. The monoisotopic (exact) mass is 422 g/mol. The summed E-state index contributed by atoms with van der Waals surface area (Å²) < 4.78 is 1.96. The van der Waals surface area contributed by atoms with Gasteiger partial charge in [-0.05, 0) is 29.3 Å². The average molecular weight is 422 g/mol. The van der Waals surface area contributed by atoms with Gasteiger partial charge in [0.05, 0.1) is 6.42 Å². The topological polar surface area (TPSA) is 78.9 Å². The normalized spacial score (nSPS) is 11.0. The summed E-state index contributed by atoms with van der Waals surface area (Å²) >= 11 is 0. The smallest absolute Gasteiger partial charge is 0.286 e. The van der Waals surface area contributed by atoms with Gasteiger partial charge in [0, 0.05) is 34.5 Å². The highest BCUT2D eigenvalue weighted by Gasteiger charge is 2.17. The Labute approximate surface area is 184 Å². The highest BCUT2D eigenvalue weighted by Crippen LogP contribution is 2.21. The number of fused-ring (bicyclic) bond motifs is 2. The molecule has 0 radical (unpaired) electrons. The summed E-state index contributed by atoms with van der Waals surface area (Å²) in [6, 6.07) is 27.5. The second-order valence-electron chi connectivity index (χ2n) is 7.70. The lowest BCUT2D eigenvalue weighted by Crippen LogP contribution is -2.43. The van der Waals surface area contributed by atoms with Crippen LogP contribution in [0.3, 0.4) is 0 Å². The zero-order chi connectivity index (χ0) is 21.9. The van der Waals surface area contributed by atoms with Gasteiger partial charge in [-0.2, -0.15) is 0 Å². The maximum Gasteiger partial charge on any atom is 0.286 e. The van der Waals surface area contributed by atoms with Gasteiger partial charge in [-0.15, -0.1) is 0 Å². The molecule has 0 unspecified atom stereocenters. The molecule has 2 aromatic heterocycles. The quantitative estimate of drug-likeness (QED) is 0.372. The lowest BCUT2D eigenvalue weighted by atomic mass is 10.1. The predicted octanol–water partition coefficient (Wildman–Crippen LogP) is 4.17. The van der Waals surface area contributed by atoms with Crippen LogP contribution < -0.4 is 10.9 Å². The standard InChI is InChI=1S/C26H22N4O2/c31-25(15-20-16-27-22-12-6-5-11-21(20)22)28-29-26(32)24-14-19-10-4-7-13-23(19)30(24)17-18-8-2-1-3-9-18/h1-14,16,27H,15,17H2,(H,28,31)(H,29,32). The minimum Gasteiger partial charge on any atom is -0.361 e. The summed E-state index contributed by atoms with van der Waals surface area (Å²) in [4.78, 5) is 28.6. The second-order valence-corrected chi connectivity index (χ2v) is 7.70. The summed E-state index contributed by atoms with van der Waals surface area (Å²) in [5.41, 5.74) is 9.53. The molecule has 0 saturated heterocycles. The van der Waals surface area contributed by atoms with Crippen LogP contribution in [0.25, 0.3) is 21.8 Å². The zero-order valence-electron chi connectivity index (χ0n) is 17.3. The molecule has 5 rings (SSSR count). The molecule has 0 saturated carbocycles. The molecule has 2 amide bonds. The van der Waals surface area contributed by atoms with E-state index in [1.165, 1.54) is 0 Å². The van der Waals surface area contributed by atoms with E-state index in [1.54, 1.807) is 0 Å². The van der Waals surface area contributed by atoms with Crippen molar-refractivity contribution >= 4 is 33.6 Å². The number of aromatic amines is 1. The van der Waals surface area contributed by atoms with Gasteiger partial charge in [-0.25, -0.2) is 0 Å². The molecule has 0 bridgehead atoms. The molecule has 6 nitrogen and oxygen atoms in total. The first kappa shape index (κ1) is 19.6.